The van der Waals surface area contributed by atoms with E-state index in [1.54, 1.807) is 0 Å². The Labute approximate surface area is 122 Å². The normalized spacial score (nSPS) is 26.3. The summed E-state index contributed by atoms with van der Waals surface area (Å²) in [6, 6.07) is 0.548. The monoisotopic (exact) mass is 295 g/mol. The van der Waals surface area contributed by atoms with Crippen molar-refractivity contribution in [2.75, 3.05) is 25.4 Å². The quantitative estimate of drug-likeness (QED) is 0.752. The summed E-state index contributed by atoms with van der Waals surface area (Å²) >= 11 is 0. The summed E-state index contributed by atoms with van der Waals surface area (Å²) in [4.78, 5) is 14.6. The first kappa shape index (κ1) is 14.1. The second kappa shape index (κ2) is 5.88. The molecule has 1 aromatic heterocycles. The molecule has 3 heterocycles. The van der Waals surface area contributed by atoms with E-state index in [2.05, 4.69) is 20.0 Å². The van der Waals surface area contributed by atoms with Crippen molar-refractivity contribution >= 4 is 11.7 Å². The number of rotatable bonds is 3. The fraction of sp³-hybridized carbons (Fsp3) is 0.769. The van der Waals surface area contributed by atoms with Crippen LogP contribution in [0.15, 0.2) is 4.63 Å². The van der Waals surface area contributed by atoms with Gasteiger partial charge in [-0.15, -0.1) is 0 Å². The zero-order chi connectivity index (χ0) is 14.8. The van der Waals surface area contributed by atoms with Crippen LogP contribution in [0.25, 0.3) is 0 Å². The van der Waals surface area contributed by atoms with Crippen molar-refractivity contribution in [1.82, 2.24) is 15.4 Å². The molecule has 2 aliphatic rings. The minimum atomic E-state index is -0.517. The van der Waals surface area contributed by atoms with Crippen molar-refractivity contribution in [2.24, 2.45) is 5.92 Å². The highest BCUT2D eigenvalue weighted by molar-refractivity contribution is 5.94. The van der Waals surface area contributed by atoms with E-state index in [-0.39, 0.29) is 16.4 Å². The lowest BCUT2D eigenvalue weighted by Gasteiger charge is -2.44. The zero-order valence-corrected chi connectivity index (χ0v) is 12.0. The number of nitrogens with two attached hydrogens (primary N) is 1. The predicted octanol–water partition coefficient (Wildman–Crippen LogP) is -0.115. The summed E-state index contributed by atoms with van der Waals surface area (Å²) in [5, 5.41) is 17.4. The summed E-state index contributed by atoms with van der Waals surface area (Å²) in [5.41, 5.74) is 5.20. The Morgan fingerprint density at radius 1 is 1.43 bits per heavy atom. The molecular formula is C13H21N5O3. The van der Waals surface area contributed by atoms with Crippen molar-refractivity contribution in [2.45, 2.75) is 38.1 Å². The van der Waals surface area contributed by atoms with Crippen molar-refractivity contribution < 1.29 is 14.3 Å². The Kier molecular flexibility index (Phi) is 3.96. The topological polar surface area (TPSA) is 111 Å². The molecule has 2 atom stereocenters. The number of nitrogens with zero attached hydrogens (tertiary/aromatic N) is 3. The third-order valence-corrected chi connectivity index (χ3v) is 4.61. The number of aromatic nitrogens is 2. The average Bonchev–Trinajstić information content (AvgIpc) is 2.84. The third-order valence-electron chi connectivity index (χ3n) is 4.61. The molecule has 0 aliphatic carbocycles. The number of piperidine rings is 2. The van der Waals surface area contributed by atoms with Crippen LogP contribution in [0.2, 0.25) is 0 Å². The number of anilines is 1. The summed E-state index contributed by atoms with van der Waals surface area (Å²) in [7, 11) is 0. The molecule has 0 aromatic carbocycles. The Bertz CT molecular complexity index is 496. The molecule has 21 heavy (non-hydrogen) atoms. The number of nitrogens with one attached hydrogen (secondary N) is 1. The molecular weight excluding hydrogens is 274 g/mol. The fourth-order valence-electron chi connectivity index (χ4n) is 3.58. The lowest BCUT2D eigenvalue weighted by molar-refractivity contribution is -0.803. The molecule has 2 aliphatic heterocycles. The van der Waals surface area contributed by atoms with Gasteiger partial charge in [0.1, 0.15) is 0 Å². The highest BCUT2D eigenvalue weighted by Gasteiger charge is 2.33. The van der Waals surface area contributed by atoms with E-state index in [4.69, 9.17) is 5.73 Å². The van der Waals surface area contributed by atoms with Gasteiger partial charge in [0.15, 0.2) is 0 Å². The molecule has 0 spiro atoms. The lowest BCUT2D eigenvalue weighted by Crippen LogP contribution is -2.51. The van der Waals surface area contributed by atoms with Crippen LogP contribution in [-0.4, -0.2) is 41.6 Å². The molecule has 8 nitrogen and oxygen atoms in total. The number of hydrogen-bond acceptors (Lipinski definition) is 6. The highest BCUT2D eigenvalue weighted by Crippen LogP contribution is 2.30. The minimum absolute atomic E-state index is 0.0540. The first-order valence-corrected chi connectivity index (χ1v) is 7.54. The molecule has 0 radical (unpaired) electrons. The molecule has 2 saturated heterocycles. The van der Waals surface area contributed by atoms with Gasteiger partial charge in [0, 0.05) is 12.6 Å². The Morgan fingerprint density at radius 2 is 2.24 bits per heavy atom. The van der Waals surface area contributed by atoms with Crippen LogP contribution < -0.4 is 16.0 Å². The maximum Gasteiger partial charge on any atom is 0.318 e. The van der Waals surface area contributed by atoms with E-state index in [1.165, 1.54) is 19.3 Å². The summed E-state index contributed by atoms with van der Waals surface area (Å²) < 4.78 is 4.31. The molecule has 1 amide bonds. The molecule has 3 N–H and O–H groups in total. The van der Waals surface area contributed by atoms with Gasteiger partial charge in [-0.1, -0.05) is 6.42 Å². The molecule has 2 unspecified atom stereocenters. The second-order valence-electron chi connectivity index (χ2n) is 5.88. The van der Waals surface area contributed by atoms with Crippen molar-refractivity contribution in [1.29, 1.82) is 0 Å². The highest BCUT2D eigenvalue weighted by atomic mass is 16.8. The van der Waals surface area contributed by atoms with Crippen molar-refractivity contribution in [3.05, 3.63) is 10.9 Å². The van der Waals surface area contributed by atoms with E-state index in [1.807, 2.05) is 0 Å². The summed E-state index contributed by atoms with van der Waals surface area (Å²) in [5.74, 6) is -0.258. The molecule has 2 fully saturated rings. The molecule has 0 saturated carbocycles. The van der Waals surface area contributed by atoms with E-state index >= 15 is 0 Å². The van der Waals surface area contributed by atoms with Crippen molar-refractivity contribution in [3.63, 3.8) is 0 Å². The van der Waals surface area contributed by atoms with Gasteiger partial charge < -0.3 is 21.2 Å². The molecule has 8 heteroatoms. The Hall–Kier alpha value is -1.83. The number of nitrogen functional groups attached to an aromatic ring is 1. The number of carbonyl (C=O) groups is 1. The van der Waals surface area contributed by atoms with Crippen LogP contribution in [0, 0.1) is 11.1 Å². The number of carbonyl (C=O) groups excluding carboxylic acids is 1. The Balaban J connectivity index is 1.60. The third kappa shape index (κ3) is 2.80. The lowest BCUT2D eigenvalue weighted by atomic mass is 9.83. The second-order valence-corrected chi connectivity index (χ2v) is 5.88. The van der Waals surface area contributed by atoms with E-state index in [0.29, 0.717) is 18.5 Å². The zero-order valence-electron chi connectivity index (χ0n) is 12.0. The summed E-state index contributed by atoms with van der Waals surface area (Å²) in [6.07, 6.45) is 5.98. The minimum Gasteiger partial charge on any atom is -0.359 e. The van der Waals surface area contributed by atoms with Gasteiger partial charge in [-0.2, -0.15) is 0 Å². The van der Waals surface area contributed by atoms with Gasteiger partial charge in [0.2, 0.25) is 0 Å². The SMILES string of the molecule is Nc1no[n+]([O-])c1C(=O)NCC1CCCN2CCCCC12. The van der Waals surface area contributed by atoms with Gasteiger partial charge in [-0.25, -0.2) is 0 Å². The van der Waals surface area contributed by atoms with Crippen LogP contribution in [-0.2, 0) is 0 Å². The van der Waals surface area contributed by atoms with Gasteiger partial charge in [0.25, 0.3) is 0 Å². The van der Waals surface area contributed by atoms with Gasteiger partial charge >= 0.3 is 17.4 Å². The van der Waals surface area contributed by atoms with E-state index < -0.39 is 5.91 Å². The number of hydrogen-bond donors (Lipinski definition) is 2. The van der Waals surface area contributed by atoms with Gasteiger partial charge in [-0.3, -0.25) is 9.42 Å². The first-order chi connectivity index (χ1) is 10.2. The maximum atomic E-state index is 12.0. The van der Waals surface area contributed by atoms with Crippen LogP contribution in [0.3, 0.4) is 0 Å². The van der Waals surface area contributed by atoms with Crippen LogP contribution in [0.5, 0.6) is 0 Å². The Morgan fingerprint density at radius 3 is 3.00 bits per heavy atom. The average molecular weight is 295 g/mol. The van der Waals surface area contributed by atoms with Gasteiger partial charge in [0.05, 0.1) is 5.16 Å². The standard InChI is InChI=1S/C13H21N5O3/c14-12-11(18(20)21-16-12)13(19)15-8-9-4-3-7-17-6-2-1-5-10(9)17/h9-10H,1-8H2,(H2,14,16)(H,15,19). The van der Waals surface area contributed by atoms with Crippen molar-refractivity contribution in [3.8, 4) is 0 Å². The molecule has 116 valence electrons. The van der Waals surface area contributed by atoms with E-state index in [0.717, 1.165) is 25.9 Å². The van der Waals surface area contributed by atoms with Crippen LogP contribution in [0.1, 0.15) is 42.6 Å². The first-order valence-electron chi connectivity index (χ1n) is 7.54. The smallest absolute Gasteiger partial charge is 0.318 e. The largest absolute Gasteiger partial charge is 0.359 e. The molecule has 1 aromatic rings. The maximum absolute atomic E-state index is 12.0. The molecule has 3 rings (SSSR count). The predicted molar refractivity (Wildman–Crippen MR) is 74.1 cm³/mol. The number of fused-ring (bicyclic) bond motifs is 1. The van der Waals surface area contributed by atoms with Crippen LogP contribution in [0.4, 0.5) is 5.82 Å². The number of amides is 1. The summed E-state index contributed by atoms with van der Waals surface area (Å²) in [6.45, 7) is 2.88. The molecule has 0 bridgehead atoms. The van der Waals surface area contributed by atoms with Crippen LogP contribution >= 0.6 is 0 Å². The van der Waals surface area contributed by atoms with E-state index in [9.17, 15) is 10.0 Å². The fourth-order valence-corrected chi connectivity index (χ4v) is 3.58. The van der Waals surface area contributed by atoms with Gasteiger partial charge in [-0.05, 0) is 49.6 Å².